The topological polar surface area (TPSA) is 115 Å². The predicted octanol–water partition coefficient (Wildman–Crippen LogP) is 4.04. The fourth-order valence-electron chi connectivity index (χ4n) is 4.58. The van der Waals surface area contributed by atoms with Crippen molar-refractivity contribution in [2.24, 2.45) is 0 Å². The Morgan fingerprint density at radius 1 is 1.16 bits per heavy atom. The molecule has 10 heteroatoms. The van der Waals surface area contributed by atoms with Crippen molar-refractivity contribution in [3.63, 3.8) is 0 Å². The Hall–Kier alpha value is -4.73. The number of nitrogens with two attached hydrogens (primary N) is 1. The summed E-state index contributed by atoms with van der Waals surface area (Å²) in [6.45, 7) is 2.48. The van der Waals surface area contributed by atoms with Crippen molar-refractivity contribution in [1.29, 1.82) is 0 Å². The number of amides is 2. The molecule has 0 saturated heterocycles. The van der Waals surface area contributed by atoms with Crippen molar-refractivity contribution in [3.8, 4) is 17.1 Å². The molecule has 2 aromatic carbocycles. The zero-order chi connectivity index (χ0) is 26.8. The van der Waals surface area contributed by atoms with Gasteiger partial charge in [0.15, 0.2) is 0 Å². The van der Waals surface area contributed by atoms with Crippen LogP contribution in [-0.4, -0.2) is 44.7 Å². The molecule has 0 aliphatic carbocycles. The monoisotopic (exact) mass is 514 g/mol. The molecule has 3 heterocycles. The van der Waals surface area contributed by atoms with Gasteiger partial charge in [-0.25, -0.2) is 14.4 Å². The van der Waals surface area contributed by atoms with Crippen LogP contribution in [0.2, 0.25) is 0 Å². The van der Waals surface area contributed by atoms with Gasteiger partial charge in [0.05, 0.1) is 23.9 Å². The summed E-state index contributed by atoms with van der Waals surface area (Å²) >= 11 is 0. The van der Waals surface area contributed by atoms with Crippen LogP contribution in [0.25, 0.3) is 22.5 Å². The van der Waals surface area contributed by atoms with Gasteiger partial charge in [-0.3, -0.25) is 14.0 Å². The van der Waals surface area contributed by atoms with Crippen LogP contribution in [0.15, 0.2) is 60.9 Å². The van der Waals surface area contributed by atoms with E-state index in [1.54, 1.807) is 22.4 Å². The zero-order valence-corrected chi connectivity index (χ0v) is 21.1. The van der Waals surface area contributed by atoms with E-state index in [0.29, 0.717) is 24.1 Å². The van der Waals surface area contributed by atoms with Gasteiger partial charge in [-0.05, 0) is 48.2 Å². The van der Waals surface area contributed by atoms with Crippen LogP contribution < -0.4 is 15.8 Å². The lowest BCUT2D eigenvalue weighted by atomic mass is 10.0. The summed E-state index contributed by atoms with van der Waals surface area (Å²) < 4.78 is 20.6. The number of allylic oxidation sites excluding steroid dienone is 1. The first-order valence-corrected chi connectivity index (χ1v) is 12.2. The number of imidazole rings is 1. The molecule has 3 N–H and O–H groups in total. The first-order valence-electron chi connectivity index (χ1n) is 12.2. The molecule has 38 heavy (non-hydrogen) atoms. The molecule has 0 fully saturated rings. The van der Waals surface area contributed by atoms with Crippen molar-refractivity contribution >= 4 is 28.9 Å². The van der Waals surface area contributed by atoms with Gasteiger partial charge in [0.2, 0.25) is 11.9 Å². The van der Waals surface area contributed by atoms with E-state index in [1.165, 1.54) is 19.2 Å². The van der Waals surface area contributed by atoms with Gasteiger partial charge >= 0.3 is 0 Å². The summed E-state index contributed by atoms with van der Waals surface area (Å²) in [6.07, 6.45) is 5.16. The number of hydrogen-bond acceptors (Lipinski definition) is 6. The molecule has 2 amide bonds. The molecule has 4 aromatic rings. The highest BCUT2D eigenvalue weighted by atomic mass is 19.1. The third kappa shape index (κ3) is 4.80. The van der Waals surface area contributed by atoms with Crippen molar-refractivity contribution in [2.75, 3.05) is 19.4 Å². The minimum absolute atomic E-state index is 0.00867. The summed E-state index contributed by atoms with van der Waals surface area (Å²) in [6, 6.07) is 13.2. The molecule has 0 spiro atoms. The van der Waals surface area contributed by atoms with Gasteiger partial charge in [-0.15, -0.1) is 0 Å². The molecule has 0 bridgehead atoms. The number of rotatable bonds is 6. The molecular weight excluding hydrogens is 487 g/mol. The standard InChI is InChI=1S/C28H27FN6O3/c1-17(36)34-13-3-4-20(16-34)25-23-11-12-31-28(30)35(23)26(33-25)19-7-5-18(6-8-19)15-32-27(37)22-14-21(29)9-10-24(22)38-2/h5-12,14,16H,3-4,13,15H2,1-2H3,(H2,30,31)(H,32,37). The average Bonchev–Trinajstić information content (AvgIpc) is 3.33. The lowest BCUT2D eigenvalue weighted by Crippen LogP contribution is -2.27. The lowest BCUT2D eigenvalue weighted by molar-refractivity contribution is -0.126. The van der Waals surface area contributed by atoms with Gasteiger partial charge in [0.25, 0.3) is 5.91 Å². The average molecular weight is 515 g/mol. The molecule has 1 aliphatic rings. The zero-order valence-electron chi connectivity index (χ0n) is 21.1. The number of anilines is 1. The van der Waals surface area contributed by atoms with E-state index in [0.717, 1.165) is 46.8 Å². The minimum atomic E-state index is -0.515. The van der Waals surface area contributed by atoms with Gasteiger partial charge in [0, 0.05) is 38.0 Å². The van der Waals surface area contributed by atoms with E-state index in [9.17, 15) is 14.0 Å². The second-order valence-electron chi connectivity index (χ2n) is 9.00. The number of methoxy groups -OCH3 is 1. The normalized spacial score (nSPS) is 13.3. The number of aromatic nitrogens is 3. The quantitative estimate of drug-likeness (QED) is 0.401. The number of nitrogens with zero attached hydrogens (tertiary/aromatic N) is 4. The van der Waals surface area contributed by atoms with E-state index in [-0.39, 0.29) is 18.0 Å². The molecule has 194 valence electrons. The highest BCUT2D eigenvalue weighted by Gasteiger charge is 2.22. The minimum Gasteiger partial charge on any atom is -0.496 e. The Morgan fingerprint density at radius 3 is 2.68 bits per heavy atom. The summed E-state index contributed by atoms with van der Waals surface area (Å²) in [4.78, 5) is 35.4. The van der Waals surface area contributed by atoms with Gasteiger partial charge < -0.3 is 20.7 Å². The fraction of sp³-hybridized carbons (Fsp3) is 0.214. The van der Waals surface area contributed by atoms with Gasteiger partial charge in [-0.1, -0.05) is 24.3 Å². The maximum atomic E-state index is 13.6. The number of fused-ring (bicyclic) bond motifs is 1. The first-order chi connectivity index (χ1) is 18.4. The maximum Gasteiger partial charge on any atom is 0.255 e. The number of nitrogen functional groups attached to an aromatic ring is 1. The van der Waals surface area contributed by atoms with Crippen molar-refractivity contribution in [1.82, 2.24) is 24.6 Å². The van der Waals surface area contributed by atoms with E-state index in [1.807, 2.05) is 36.5 Å². The molecule has 0 radical (unpaired) electrons. The third-order valence-corrected chi connectivity index (χ3v) is 6.52. The van der Waals surface area contributed by atoms with Gasteiger partial charge in [0.1, 0.15) is 17.4 Å². The van der Waals surface area contributed by atoms with Crippen LogP contribution in [0.5, 0.6) is 5.75 Å². The molecule has 0 atom stereocenters. The Labute approximate surface area is 218 Å². The molecule has 0 saturated carbocycles. The van der Waals surface area contributed by atoms with E-state index >= 15 is 0 Å². The Balaban J connectivity index is 1.41. The van der Waals surface area contributed by atoms with E-state index in [2.05, 4.69) is 10.3 Å². The summed E-state index contributed by atoms with van der Waals surface area (Å²) in [5.41, 5.74) is 10.6. The van der Waals surface area contributed by atoms with Crippen LogP contribution in [0.4, 0.5) is 10.3 Å². The summed E-state index contributed by atoms with van der Waals surface area (Å²) in [5.74, 6) is 0.266. The largest absolute Gasteiger partial charge is 0.496 e. The van der Waals surface area contributed by atoms with Crippen LogP contribution in [-0.2, 0) is 11.3 Å². The number of carbonyl (C=O) groups is 2. The molecular formula is C28H27FN6O3. The number of carbonyl (C=O) groups excluding carboxylic acids is 2. The summed E-state index contributed by atoms with van der Waals surface area (Å²) in [5, 5.41) is 2.80. The van der Waals surface area contributed by atoms with Crippen LogP contribution in [0, 0.1) is 5.82 Å². The number of benzene rings is 2. The first kappa shape index (κ1) is 24.9. The molecule has 0 unspecified atom stereocenters. The predicted molar refractivity (Wildman–Crippen MR) is 142 cm³/mol. The highest BCUT2D eigenvalue weighted by Crippen LogP contribution is 2.32. The van der Waals surface area contributed by atoms with E-state index in [4.69, 9.17) is 15.5 Å². The summed E-state index contributed by atoms with van der Waals surface area (Å²) in [7, 11) is 1.43. The number of halogens is 1. The number of hydrogen-bond donors (Lipinski definition) is 2. The van der Waals surface area contributed by atoms with Crippen LogP contribution in [0.1, 0.15) is 41.4 Å². The van der Waals surface area contributed by atoms with Crippen LogP contribution in [0.3, 0.4) is 0 Å². The second kappa shape index (κ2) is 10.3. The Morgan fingerprint density at radius 2 is 1.95 bits per heavy atom. The molecule has 2 aromatic heterocycles. The maximum absolute atomic E-state index is 13.6. The fourth-order valence-corrected chi connectivity index (χ4v) is 4.58. The molecule has 1 aliphatic heterocycles. The lowest BCUT2D eigenvalue weighted by Gasteiger charge is -2.23. The van der Waals surface area contributed by atoms with Crippen molar-refractivity contribution in [3.05, 3.63) is 83.6 Å². The molecule has 9 nitrogen and oxygen atoms in total. The number of ether oxygens (including phenoxy) is 1. The smallest absolute Gasteiger partial charge is 0.255 e. The number of nitrogens with one attached hydrogen (secondary N) is 1. The second-order valence-corrected chi connectivity index (χ2v) is 9.00. The van der Waals surface area contributed by atoms with E-state index < -0.39 is 11.7 Å². The third-order valence-electron chi connectivity index (χ3n) is 6.52. The van der Waals surface area contributed by atoms with Crippen molar-refractivity contribution < 1.29 is 18.7 Å². The van der Waals surface area contributed by atoms with Crippen molar-refractivity contribution in [2.45, 2.75) is 26.3 Å². The van der Waals surface area contributed by atoms with Crippen LogP contribution >= 0.6 is 0 Å². The molecule has 5 rings (SSSR count). The Bertz CT molecular complexity index is 1560. The Kier molecular flexibility index (Phi) is 6.78. The van der Waals surface area contributed by atoms with Gasteiger partial charge in [-0.2, -0.15) is 0 Å². The SMILES string of the molecule is COc1ccc(F)cc1C(=O)NCc1ccc(-c2nc(C3=CN(C(C)=O)CCC3)c3ccnc(N)n23)cc1. The highest BCUT2D eigenvalue weighted by molar-refractivity contribution is 5.97.